The van der Waals surface area contributed by atoms with Crippen molar-refractivity contribution in [3.63, 3.8) is 0 Å². The van der Waals surface area contributed by atoms with Crippen LogP contribution in [-0.4, -0.2) is 27.4 Å². The Morgan fingerprint density at radius 1 is 0.955 bits per heavy atom. The van der Waals surface area contributed by atoms with Crippen LogP contribution in [0.4, 0.5) is 0 Å². The van der Waals surface area contributed by atoms with Crippen molar-refractivity contribution in [3.8, 4) is 0 Å². The van der Waals surface area contributed by atoms with Crippen LogP contribution < -0.4 is 0 Å². The van der Waals surface area contributed by atoms with Crippen LogP contribution in [0.2, 0.25) is 0 Å². The molecular weight excluding hydrogens is 276 g/mol. The second-order valence-electron chi connectivity index (χ2n) is 4.88. The standard InChI is InChI=1S/C17H22O3.C2H6/c1-18-12-14-4-3-5-17(11-8-14)20-13-15-6-9-16(19-2)10-7-15;1-2/h3-6,9,11H,7-8,10,12-13H2,1-2H3;1-2H3. The summed E-state index contributed by atoms with van der Waals surface area (Å²) in [5.74, 6) is 1.96. The molecule has 0 N–H and O–H groups in total. The molecular formula is C19H28O3. The molecule has 0 aliphatic heterocycles. The molecule has 0 saturated carbocycles. The van der Waals surface area contributed by atoms with Crippen molar-refractivity contribution in [3.05, 3.63) is 59.1 Å². The van der Waals surface area contributed by atoms with Gasteiger partial charge in [0.1, 0.15) is 12.4 Å². The van der Waals surface area contributed by atoms with Crippen LogP contribution in [0, 0.1) is 0 Å². The van der Waals surface area contributed by atoms with E-state index in [0.29, 0.717) is 13.2 Å². The molecule has 2 aliphatic rings. The highest BCUT2D eigenvalue weighted by molar-refractivity contribution is 5.28. The van der Waals surface area contributed by atoms with Crippen LogP contribution in [-0.2, 0) is 14.2 Å². The molecule has 3 heteroatoms. The molecule has 122 valence electrons. The number of ether oxygens (including phenoxy) is 3. The minimum atomic E-state index is 0.642. The summed E-state index contributed by atoms with van der Waals surface area (Å²) in [6, 6.07) is 0. The van der Waals surface area contributed by atoms with Gasteiger partial charge in [0, 0.05) is 13.5 Å². The maximum atomic E-state index is 5.86. The van der Waals surface area contributed by atoms with E-state index in [2.05, 4.69) is 18.2 Å². The Labute approximate surface area is 134 Å². The molecule has 22 heavy (non-hydrogen) atoms. The van der Waals surface area contributed by atoms with Gasteiger partial charge in [0.2, 0.25) is 0 Å². The fourth-order valence-electron chi connectivity index (χ4n) is 2.17. The second kappa shape index (κ2) is 10.9. The van der Waals surface area contributed by atoms with Gasteiger partial charge in [-0.15, -0.1) is 0 Å². The van der Waals surface area contributed by atoms with Crippen molar-refractivity contribution >= 4 is 0 Å². The lowest BCUT2D eigenvalue weighted by Gasteiger charge is -2.14. The fraction of sp³-hybridized carbons (Fsp3) is 0.474. The van der Waals surface area contributed by atoms with Crippen molar-refractivity contribution in [2.24, 2.45) is 0 Å². The Morgan fingerprint density at radius 2 is 1.77 bits per heavy atom. The van der Waals surface area contributed by atoms with Crippen LogP contribution in [0.1, 0.15) is 33.1 Å². The number of hydrogen-bond acceptors (Lipinski definition) is 3. The molecule has 0 unspecified atom stereocenters. The van der Waals surface area contributed by atoms with Crippen LogP contribution in [0.3, 0.4) is 0 Å². The molecule has 0 aromatic heterocycles. The summed E-state index contributed by atoms with van der Waals surface area (Å²) in [5.41, 5.74) is 2.56. The van der Waals surface area contributed by atoms with E-state index in [1.165, 1.54) is 11.1 Å². The lowest BCUT2D eigenvalue weighted by Crippen LogP contribution is -2.02. The minimum absolute atomic E-state index is 0.642. The van der Waals surface area contributed by atoms with Crippen molar-refractivity contribution in [1.29, 1.82) is 0 Å². The largest absolute Gasteiger partial charge is 0.501 e. The summed E-state index contributed by atoms with van der Waals surface area (Å²) < 4.78 is 16.2. The molecule has 2 rings (SSSR count). The lowest BCUT2D eigenvalue weighted by atomic mass is 10.0. The van der Waals surface area contributed by atoms with Gasteiger partial charge in [0.15, 0.2) is 0 Å². The number of hydrogen-bond donors (Lipinski definition) is 0. The Kier molecular flexibility index (Phi) is 9.08. The SMILES string of the molecule is CC.COCC1=CC=CC(OCC2=CC=C(OC)CC2)=CC1. The van der Waals surface area contributed by atoms with E-state index < -0.39 is 0 Å². The minimum Gasteiger partial charge on any atom is -0.501 e. The van der Waals surface area contributed by atoms with Gasteiger partial charge < -0.3 is 14.2 Å². The van der Waals surface area contributed by atoms with E-state index in [0.717, 1.165) is 30.8 Å². The fourth-order valence-corrected chi connectivity index (χ4v) is 2.17. The van der Waals surface area contributed by atoms with E-state index in [1.54, 1.807) is 14.2 Å². The van der Waals surface area contributed by atoms with Gasteiger partial charge in [-0.1, -0.05) is 32.1 Å². The molecule has 0 saturated heterocycles. The summed E-state index contributed by atoms with van der Waals surface area (Å²) >= 11 is 0. The molecule has 3 nitrogen and oxygen atoms in total. The first-order valence-corrected chi connectivity index (χ1v) is 7.92. The average molecular weight is 304 g/mol. The van der Waals surface area contributed by atoms with E-state index in [9.17, 15) is 0 Å². The van der Waals surface area contributed by atoms with Gasteiger partial charge in [-0.25, -0.2) is 0 Å². The molecule has 0 atom stereocenters. The third kappa shape index (κ3) is 6.35. The van der Waals surface area contributed by atoms with Gasteiger partial charge in [-0.05, 0) is 42.2 Å². The topological polar surface area (TPSA) is 27.7 Å². The van der Waals surface area contributed by atoms with Gasteiger partial charge in [-0.2, -0.15) is 0 Å². The van der Waals surface area contributed by atoms with Crippen molar-refractivity contribution in [1.82, 2.24) is 0 Å². The molecule has 0 radical (unpaired) electrons. The monoisotopic (exact) mass is 304 g/mol. The first-order valence-electron chi connectivity index (χ1n) is 7.92. The first kappa shape index (κ1) is 18.3. The molecule has 0 fully saturated rings. The molecule has 0 spiro atoms. The van der Waals surface area contributed by atoms with Gasteiger partial charge in [0.05, 0.1) is 19.5 Å². The molecule has 0 bridgehead atoms. The maximum absolute atomic E-state index is 5.86. The first-order chi connectivity index (χ1) is 10.8. The zero-order chi connectivity index (χ0) is 16.2. The van der Waals surface area contributed by atoms with Crippen LogP contribution in [0.5, 0.6) is 0 Å². The quantitative estimate of drug-likeness (QED) is 0.712. The van der Waals surface area contributed by atoms with Gasteiger partial charge >= 0.3 is 0 Å². The molecule has 2 aliphatic carbocycles. The van der Waals surface area contributed by atoms with Crippen LogP contribution in [0.25, 0.3) is 0 Å². The Bertz CT molecular complexity index is 479. The number of allylic oxidation sites excluding steroid dienone is 7. The highest BCUT2D eigenvalue weighted by Gasteiger charge is 2.08. The Balaban J connectivity index is 0.00000116. The molecule has 0 amide bonds. The zero-order valence-electron chi connectivity index (χ0n) is 14.2. The predicted octanol–water partition coefficient (Wildman–Crippen LogP) is 4.70. The van der Waals surface area contributed by atoms with Crippen molar-refractivity contribution in [2.75, 3.05) is 27.4 Å². The van der Waals surface area contributed by atoms with Crippen molar-refractivity contribution in [2.45, 2.75) is 33.1 Å². The highest BCUT2D eigenvalue weighted by Crippen LogP contribution is 2.20. The van der Waals surface area contributed by atoms with E-state index in [-0.39, 0.29) is 0 Å². The second-order valence-corrected chi connectivity index (χ2v) is 4.88. The summed E-state index contributed by atoms with van der Waals surface area (Å²) in [4.78, 5) is 0. The highest BCUT2D eigenvalue weighted by atomic mass is 16.5. The normalized spacial score (nSPS) is 17.1. The van der Waals surface area contributed by atoms with Crippen LogP contribution >= 0.6 is 0 Å². The molecule has 0 aromatic rings. The lowest BCUT2D eigenvalue weighted by molar-refractivity contribution is 0.223. The Hall–Kier alpha value is -1.74. The smallest absolute Gasteiger partial charge is 0.116 e. The van der Waals surface area contributed by atoms with E-state index >= 15 is 0 Å². The van der Waals surface area contributed by atoms with E-state index in [4.69, 9.17) is 14.2 Å². The number of methoxy groups -OCH3 is 2. The summed E-state index contributed by atoms with van der Waals surface area (Å²) in [7, 11) is 3.43. The van der Waals surface area contributed by atoms with Gasteiger partial charge in [-0.3, -0.25) is 0 Å². The molecule has 0 heterocycles. The summed E-state index contributed by atoms with van der Waals surface area (Å²) in [6.07, 6.45) is 15.2. The van der Waals surface area contributed by atoms with Gasteiger partial charge in [0.25, 0.3) is 0 Å². The van der Waals surface area contributed by atoms with E-state index in [1.807, 2.05) is 32.1 Å². The summed E-state index contributed by atoms with van der Waals surface area (Å²) in [6.45, 7) is 5.31. The third-order valence-electron chi connectivity index (χ3n) is 3.37. The zero-order valence-corrected chi connectivity index (χ0v) is 14.2. The average Bonchev–Trinajstić information content (AvgIpc) is 2.81. The predicted molar refractivity (Wildman–Crippen MR) is 91.5 cm³/mol. The Morgan fingerprint density at radius 3 is 2.41 bits per heavy atom. The van der Waals surface area contributed by atoms with Crippen LogP contribution in [0.15, 0.2) is 59.1 Å². The number of rotatable bonds is 6. The summed E-state index contributed by atoms with van der Waals surface area (Å²) in [5, 5.41) is 0. The maximum Gasteiger partial charge on any atom is 0.116 e. The third-order valence-corrected chi connectivity index (χ3v) is 3.37. The molecule has 0 aromatic carbocycles. The van der Waals surface area contributed by atoms with Crippen molar-refractivity contribution < 1.29 is 14.2 Å².